The van der Waals surface area contributed by atoms with Crippen LogP contribution in [-0.2, 0) is 0 Å². The molecule has 0 saturated carbocycles. The van der Waals surface area contributed by atoms with Gasteiger partial charge in [0.15, 0.2) is 17.3 Å². The van der Waals surface area contributed by atoms with Gasteiger partial charge in [0, 0.05) is 12.0 Å². The van der Waals surface area contributed by atoms with Crippen molar-refractivity contribution >= 4 is 5.78 Å². The molecule has 0 heterocycles. The molecule has 0 bridgehead atoms. The van der Waals surface area contributed by atoms with Crippen LogP contribution in [0.5, 0.6) is 5.75 Å². The number of carbonyl (C=O) groups is 1. The summed E-state index contributed by atoms with van der Waals surface area (Å²) in [5.74, 6) is 0.0393. The number of unbranched alkanes of at least 4 members (excludes halogenated alkanes) is 8. The summed E-state index contributed by atoms with van der Waals surface area (Å²) >= 11 is 0. The lowest BCUT2D eigenvalue weighted by molar-refractivity contribution is 0.0979. The van der Waals surface area contributed by atoms with E-state index in [-0.39, 0.29) is 17.3 Å². The van der Waals surface area contributed by atoms with E-state index in [0.717, 1.165) is 29.5 Å². The molecule has 0 spiro atoms. The first-order valence-electron chi connectivity index (χ1n) is 10.6. The first-order valence-corrected chi connectivity index (χ1v) is 10.6. The Balaban J connectivity index is 1.74. The molecule has 0 unspecified atom stereocenters. The van der Waals surface area contributed by atoms with Crippen LogP contribution < -0.4 is 4.74 Å². The summed E-state index contributed by atoms with van der Waals surface area (Å²) in [5.41, 5.74) is 2.40. The van der Waals surface area contributed by atoms with Crippen LogP contribution in [0.25, 0.3) is 11.1 Å². The van der Waals surface area contributed by atoms with Crippen molar-refractivity contribution in [3.8, 4) is 16.9 Å². The Bertz CT molecular complexity index is 722. The number of Topliss-reactive ketones (excluding diaryl/α,β-unsaturated/α-hetero) is 1. The highest BCUT2D eigenvalue weighted by Gasteiger charge is 2.08. The fourth-order valence-corrected chi connectivity index (χ4v) is 3.44. The van der Waals surface area contributed by atoms with Crippen LogP contribution in [0.15, 0.2) is 42.5 Å². The van der Waals surface area contributed by atoms with Crippen molar-refractivity contribution in [2.75, 3.05) is 7.11 Å². The van der Waals surface area contributed by atoms with Gasteiger partial charge in [-0.25, -0.2) is 4.39 Å². The van der Waals surface area contributed by atoms with Crippen LogP contribution in [0.3, 0.4) is 0 Å². The van der Waals surface area contributed by atoms with E-state index < -0.39 is 0 Å². The number of methoxy groups -OCH3 is 1. The number of ketones is 1. The molecule has 3 heteroatoms. The molecule has 2 aromatic rings. The highest BCUT2D eigenvalue weighted by molar-refractivity contribution is 5.96. The number of benzene rings is 2. The number of carbonyl (C=O) groups excluding carboxylic acids is 1. The first-order chi connectivity index (χ1) is 13.7. The molecule has 0 aliphatic carbocycles. The van der Waals surface area contributed by atoms with Gasteiger partial charge in [0.25, 0.3) is 0 Å². The molecule has 0 N–H and O–H groups in total. The second kappa shape index (κ2) is 12.3. The summed E-state index contributed by atoms with van der Waals surface area (Å²) in [6.45, 7) is 2.24. The van der Waals surface area contributed by atoms with Crippen molar-refractivity contribution in [2.24, 2.45) is 0 Å². The zero-order valence-electron chi connectivity index (χ0n) is 17.3. The van der Waals surface area contributed by atoms with Crippen LogP contribution in [0.1, 0.15) is 81.5 Å². The van der Waals surface area contributed by atoms with Gasteiger partial charge in [-0.2, -0.15) is 0 Å². The minimum Gasteiger partial charge on any atom is -0.494 e. The lowest BCUT2D eigenvalue weighted by Crippen LogP contribution is -1.99. The standard InChI is InChI=1S/C25H33FO2/c1-3-4-5-6-7-8-9-10-11-12-24(27)21-15-13-20(14-16-21)22-17-18-25(28-2)23(26)19-22/h13-19H,3-12H2,1-2H3. The van der Waals surface area contributed by atoms with Gasteiger partial charge < -0.3 is 4.74 Å². The van der Waals surface area contributed by atoms with E-state index in [1.54, 1.807) is 6.07 Å². The van der Waals surface area contributed by atoms with Crippen molar-refractivity contribution in [3.63, 3.8) is 0 Å². The van der Waals surface area contributed by atoms with Crippen molar-refractivity contribution < 1.29 is 13.9 Å². The summed E-state index contributed by atoms with van der Waals surface area (Å²) in [4.78, 5) is 12.4. The third kappa shape index (κ3) is 7.10. The second-order valence-electron chi connectivity index (χ2n) is 7.43. The monoisotopic (exact) mass is 384 g/mol. The predicted molar refractivity (Wildman–Crippen MR) is 115 cm³/mol. The van der Waals surface area contributed by atoms with E-state index in [2.05, 4.69) is 6.92 Å². The molecule has 0 atom stereocenters. The Labute approximate surface area is 169 Å². The molecule has 2 nitrogen and oxygen atoms in total. The Hall–Kier alpha value is -2.16. The van der Waals surface area contributed by atoms with E-state index >= 15 is 0 Å². The topological polar surface area (TPSA) is 26.3 Å². The molecular formula is C25H33FO2. The molecule has 0 amide bonds. The third-order valence-electron chi connectivity index (χ3n) is 5.20. The lowest BCUT2D eigenvalue weighted by Gasteiger charge is -2.07. The minimum atomic E-state index is -0.384. The SMILES string of the molecule is CCCCCCCCCCCC(=O)c1ccc(-c2ccc(OC)c(F)c2)cc1. The van der Waals surface area contributed by atoms with E-state index in [1.165, 1.54) is 58.1 Å². The minimum absolute atomic E-state index is 0.190. The summed E-state index contributed by atoms with van der Waals surface area (Å²) in [5, 5.41) is 0. The Morgan fingerprint density at radius 3 is 1.96 bits per heavy atom. The van der Waals surface area contributed by atoms with Gasteiger partial charge in [0.05, 0.1) is 7.11 Å². The van der Waals surface area contributed by atoms with Gasteiger partial charge in [0.1, 0.15) is 0 Å². The van der Waals surface area contributed by atoms with Crippen molar-refractivity contribution in [3.05, 3.63) is 53.8 Å². The van der Waals surface area contributed by atoms with E-state index in [0.29, 0.717) is 6.42 Å². The average Bonchev–Trinajstić information content (AvgIpc) is 2.72. The summed E-state index contributed by atoms with van der Waals surface area (Å²) in [7, 11) is 1.45. The molecule has 0 radical (unpaired) electrons. The molecule has 0 aliphatic rings. The number of halogens is 1. The highest BCUT2D eigenvalue weighted by atomic mass is 19.1. The van der Waals surface area contributed by atoms with Gasteiger partial charge in [0.2, 0.25) is 0 Å². The number of hydrogen-bond donors (Lipinski definition) is 0. The van der Waals surface area contributed by atoms with Gasteiger partial charge >= 0.3 is 0 Å². The maximum atomic E-state index is 13.9. The lowest BCUT2D eigenvalue weighted by atomic mass is 9.99. The molecule has 0 saturated heterocycles. The van der Waals surface area contributed by atoms with Crippen molar-refractivity contribution in [2.45, 2.75) is 71.1 Å². The maximum absolute atomic E-state index is 13.9. The quantitative estimate of drug-likeness (QED) is 0.262. The Morgan fingerprint density at radius 1 is 0.821 bits per heavy atom. The summed E-state index contributed by atoms with van der Waals surface area (Å²) in [6.07, 6.45) is 11.9. The molecule has 0 aliphatic heterocycles. The Morgan fingerprint density at radius 2 is 1.39 bits per heavy atom. The number of rotatable bonds is 13. The van der Waals surface area contributed by atoms with Crippen molar-refractivity contribution in [1.29, 1.82) is 0 Å². The second-order valence-corrected chi connectivity index (χ2v) is 7.43. The smallest absolute Gasteiger partial charge is 0.165 e. The van der Waals surface area contributed by atoms with Crippen molar-refractivity contribution in [1.82, 2.24) is 0 Å². The van der Waals surface area contributed by atoms with Crippen LogP contribution >= 0.6 is 0 Å². The highest BCUT2D eigenvalue weighted by Crippen LogP contribution is 2.26. The number of ether oxygens (including phenoxy) is 1. The van der Waals surface area contributed by atoms with Gasteiger partial charge in [-0.15, -0.1) is 0 Å². The fourth-order valence-electron chi connectivity index (χ4n) is 3.44. The van der Waals surface area contributed by atoms with E-state index in [1.807, 2.05) is 30.3 Å². The van der Waals surface area contributed by atoms with Gasteiger partial charge in [-0.1, -0.05) is 88.6 Å². The number of hydrogen-bond acceptors (Lipinski definition) is 2. The maximum Gasteiger partial charge on any atom is 0.165 e. The van der Waals surface area contributed by atoms with Gasteiger partial charge in [-0.05, 0) is 29.7 Å². The van der Waals surface area contributed by atoms with Crippen LogP contribution in [-0.4, -0.2) is 12.9 Å². The fraction of sp³-hybridized carbons (Fsp3) is 0.480. The van der Waals surface area contributed by atoms with Crippen LogP contribution in [0, 0.1) is 5.82 Å². The van der Waals surface area contributed by atoms with Crippen LogP contribution in [0.2, 0.25) is 0 Å². The third-order valence-corrected chi connectivity index (χ3v) is 5.20. The van der Waals surface area contributed by atoms with Crippen LogP contribution in [0.4, 0.5) is 4.39 Å². The zero-order chi connectivity index (χ0) is 20.2. The summed E-state index contributed by atoms with van der Waals surface area (Å²) < 4.78 is 18.8. The molecule has 2 rings (SSSR count). The zero-order valence-corrected chi connectivity index (χ0v) is 17.3. The predicted octanol–water partition coefficient (Wildman–Crippen LogP) is 7.60. The first kappa shape index (κ1) is 22.1. The normalized spacial score (nSPS) is 10.8. The summed E-state index contributed by atoms with van der Waals surface area (Å²) in [6, 6.07) is 12.3. The van der Waals surface area contributed by atoms with E-state index in [4.69, 9.17) is 4.74 Å². The molecule has 2 aromatic carbocycles. The molecule has 28 heavy (non-hydrogen) atoms. The molecule has 0 fully saturated rings. The molecular weight excluding hydrogens is 351 g/mol. The average molecular weight is 385 g/mol. The molecule has 0 aromatic heterocycles. The largest absolute Gasteiger partial charge is 0.494 e. The van der Waals surface area contributed by atoms with Gasteiger partial charge in [-0.3, -0.25) is 4.79 Å². The molecule has 152 valence electrons. The van der Waals surface area contributed by atoms with E-state index in [9.17, 15) is 9.18 Å². The Kier molecular flexibility index (Phi) is 9.74.